The normalized spacial score (nSPS) is 21.8. The molecule has 0 bridgehead atoms. The standard InChI is InChI=1S/C8H16FN.CH4/c1-7(2)10-5-3-8(9)4-6-10;/h7-8H,3-6H2,1-2H3;1H4. The molecule has 0 saturated carbocycles. The van der Waals surface area contributed by atoms with E-state index >= 15 is 0 Å². The number of halogens is 1. The van der Waals surface area contributed by atoms with E-state index in [1.807, 2.05) is 0 Å². The number of piperidine rings is 1. The lowest BCUT2D eigenvalue weighted by molar-refractivity contribution is 0.125. The van der Waals surface area contributed by atoms with Crippen molar-refractivity contribution in [1.82, 2.24) is 4.90 Å². The maximum Gasteiger partial charge on any atom is 0.103 e. The Morgan fingerprint density at radius 3 is 2.09 bits per heavy atom. The fourth-order valence-corrected chi connectivity index (χ4v) is 1.38. The first-order valence-corrected chi connectivity index (χ1v) is 4.08. The van der Waals surface area contributed by atoms with Gasteiger partial charge < -0.3 is 4.90 Å². The fourth-order valence-electron chi connectivity index (χ4n) is 1.38. The largest absolute Gasteiger partial charge is 0.301 e. The first-order chi connectivity index (χ1) is 4.70. The number of hydrogen-bond acceptors (Lipinski definition) is 1. The third-order valence-corrected chi connectivity index (χ3v) is 2.19. The highest BCUT2D eigenvalue weighted by atomic mass is 19.1. The molecule has 68 valence electrons. The number of hydrogen-bond donors (Lipinski definition) is 0. The fraction of sp³-hybridized carbons (Fsp3) is 1.00. The zero-order valence-corrected chi connectivity index (χ0v) is 6.81. The van der Waals surface area contributed by atoms with Gasteiger partial charge in [0.25, 0.3) is 0 Å². The summed E-state index contributed by atoms with van der Waals surface area (Å²) in [7, 11) is 0. The van der Waals surface area contributed by atoms with E-state index in [0.29, 0.717) is 6.04 Å². The Morgan fingerprint density at radius 1 is 1.27 bits per heavy atom. The predicted octanol–water partition coefficient (Wildman–Crippen LogP) is 2.46. The molecule has 1 aliphatic rings. The lowest BCUT2D eigenvalue weighted by atomic mass is 10.1. The molecule has 0 atom stereocenters. The van der Waals surface area contributed by atoms with Crippen molar-refractivity contribution >= 4 is 0 Å². The monoisotopic (exact) mass is 161 g/mol. The molecule has 2 heteroatoms. The smallest absolute Gasteiger partial charge is 0.103 e. The Labute approximate surface area is 69.6 Å². The summed E-state index contributed by atoms with van der Waals surface area (Å²) in [6.07, 6.45) is 0.936. The van der Waals surface area contributed by atoms with Crippen LogP contribution in [-0.4, -0.2) is 30.2 Å². The summed E-state index contributed by atoms with van der Waals surface area (Å²) in [6, 6.07) is 0.590. The third-order valence-electron chi connectivity index (χ3n) is 2.19. The van der Waals surface area contributed by atoms with E-state index in [0.717, 1.165) is 25.9 Å². The molecule has 0 spiro atoms. The quantitative estimate of drug-likeness (QED) is 0.571. The van der Waals surface area contributed by atoms with Crippen LogP contribution in [0.4, 0.5) is 4.39 Å². The van der Waals surface area contributed by atoms with Crippen molar-refractivity contribution in [2.75, 3.05) is 13.1 Å². The molecule has 1 heterocycles. The predicted molar refractivity (Wildman–Crippen MR) is 47.6 cm³/mol. The van der Waals surface area contributed by atoms with Crippen LogP contribution in [0, 0.1) is 0 Å². The first-order valence-electron chi connectivity index (χ1n) is 4.08. The molecule has 1 nitrogen and oxygen atoms in total. The van der Waals surface area contributed by atoms with Crippen LogP contribution in [0.2, 0.25) is 0 Å². The highest BCUT2D eigenvalue weighted by Crippen LogP contribution is 2.14. The number of rotatable bonds is 1. The number of alkyl halides is 1. The lowest BCUT2D eigenvalue weighted by Crippen LogP contribution is -2.38. The second-order valence-electron chi connectivity index (χ2n) is 3.30. The van der Waals surface area contributed by atoms with Crippen molar-refractivity contribution in [2.24, 2.45) is 0 Å². The second kappa shape index (κ2) is 4.70. The zero-order valence-electron chi connectivity index (χ0n) is 6.81. The van der Waals surface area contributed by atoms with E-state index < -0.39 is 6.17 Å². The highest BCUT2D eigenvalue weighted by Gasteiger charge is 2.19. The van der Waals surface area contributed by atoms with Gasteiger partial charge in [0.1, 0.15) is 6.17 Å². The van der Waals surface area contributed by atoms with Crippen LogP contribution in [0.25, 0.3) is 0 Å². The Bertz CT molecular complexity index is 95.7. The molecule has 0 unspecified atom stereocenters. The van der Waals surface area contributed by atoms with Gasteiger partial charge in [-0.3, -0.25) is 0 Å². The van der Waals surface area contributed by atoms with Crippen LogP contribution < -0.4 is 0 Å². The Kier molecular flexibility index (Phi) is 4.66. The number of nitrogens with zero attached hydrogens (tertiary/aromatic N) is 1. The Hall–Kier alpha value is -0.110. The van der Waals surface area contributed by atoms with Gasteiger partial charge in [0, 0.05) is 19.1 Å². The van der Waals surface area contributed by atoms with Crippen molar-refractivity contribution in [3.05, 3.63) is 0 Å². The van der Waals surface area contributed by atoms with Gasteiger partial charge in [-0.1, -0.05) is 7.43 Å². The van der Waals surface area contributed by atoms with Crippen LogP contribution in [0.1, 0.15) is 34.1 Å². The third kappa shape index (κ3) is 3.19. The van der Waals surface area contributed by atoms with Crippen LogP contribution in [0.3, 0.4) is 0 Å². The van der Waals surface area contributed by atoms with Crippen molar-refractivity contribution in [2.45, 2.75) is 46.3 Å². The van der Waals surface area contributed by atoms with Gasteiger partial charge in [0.05, 0.1) is 0 Å². The van der Waals surface area contributed by atoms with Crippen LogP contribution in [0.5, 0.6) is 0 Å². The maximum atomic E-state index is 12.6. The molecule has 0 aliphatic carbocycles. The minimum atomic E-state index is -0.532. The molecular formula is C9H20FN. The van der Waals surface area contributed by atoms with E-state index in [4.69, 9.17) is 0 Å². The Morgan fingerprint density at radius 2 is 1.73 bits per heavy atom. The minimum absolute atomic E-state index is 0. The molecular weight excluding hydrogens is 141 g/mol. The van der Waals surface area contributed by atoms with Crippen molar-refractivity contribution in [3.8, 4) is 0 Å². The summed E-state index contributed by atoms with van der Waals surface area (Å²) in [5.74, 6) is 0. The average molecular weight is 161 g/mol. The van der Waals surface area contributed by atoms with E-state index in [1.54, 1.807) is 0 Å². The average Bonchev–Trinajstić information content (AvgIpc) is 1.88. The van der Waals surface area contributed by atoms with Crippen molar-refractivity contribution in [1.29, 1.82) is 0 Å². The van der Waals surface area contributed by atoms with Gasteiger partial charge in [0.2, 0.25) is 0 Å². The number of likely N-dealkylation sites (tertiary alicyclic amines) is 1. The topological polar surface area (TPSA) is 3.24 Å². The second-order valence-corrected chi connectivity index (χ2v) is 3.30. The molecule has 0 aromatic rings. The molecule has 0 aromatic heterocycles. The first kappa shape index (κ1) is 10.9. The van der Waals surface area contributed by atoms with Gasteiger partial charge in [-0.15, -0.1) is 0 Å². The van der Waals surface area contributed by atoms with Crippen LogP contribution in [-0.2, 0) is 0 Å². The molecule has 1 saturated heterocycles. The van der Waals surface area contributed by atoms with Gasteiger partial charge in [0.15, 0.2) is 0 Å². The lowest BCUT2D eigenvalue weighted by Gasteiger charge is -2.31. The molecule has 1 rings (SSSR count). The summed E-state index contributed by atoms with van der Waals surface area (Å²) in [5.41, 5.74) is 0. The molecule has 1 fully saturated rings. The van der Waals surface area contributed by atoms with Gasteiger partial charge in [-0.25, -0.2) is 4.39 Å². The molecule has 0 aromatic carbocycles. The van der Waals surface area contributed by atoms with Crippen LogP contribution in [0.15, 0.2) is 0 Å². The summed E-state index contributed by atoms with van der Waals surface area (Å²) < 4.78 is 12.6. The summed E-state index contributed by atoms with van der Waals surface area (Å²) >= 11 is 0. The SMILES string of the molecule is C.CC(C)N1CCC(F)CC1. The van der Waals surface area contributed by atoms with Crippen molar-refractivity contribution < 1.29 is 4.39 Å². The molecule has 11 heavy (non-hydrogen) atoms. The van der Waals surface area contributed by atoms with E-state index in [1.165, 1.54) is 0 Å². The molecule has 0 radical (unpaired) electrons. The highest BCUT2D eigenvalue weighted by molar-refractivity contribution is 4.73. The van der Waals surface area contributed by atoms with Crippen molar-refractivity contribution in [3.63, 3.8) is 0 Å². The summed E-state index contributed by atoms with van der Waals surface area (Å²) in [5, 5.41) is 0. The Balaban J connectivity index is 0.000001000. The van der Waals surface area contributed by atoms with Crippen LogP contribution >= 0.6 is 0 Å². The molecule has 0 N–H and O–H groups in total. The maximum absolute atomic E-state index is 12.6. The zero-order chi connectivity index (χ0) is 7.56. The van der Waals surface area contributed by atoms with Gasteiger partial charge >= 0.3 is 0 Å². The summed E-state index contributed by atoms with van der Waals surface area (Å²) in [6.45, 7) is 6.22. The van der Waals surface area contributed by atoms with E-state index in [-0.39, 0.29) is 7.43 Å². The minimum Gasteiger partial charge on any atom is -0.301 e. The van der Waals surface area contributed by atoms with E-state index in [2.05, 4.69) is 18.7 Å². The molecule has 0 amide bonds. The van der Waals surface area contributed by atoms with Gasteiger partial charge in [-0.05, 0) is 26.7 Å². The van der Waals surface area contributed by atoms with E-state index in [9.17, 15) is 4.39 Å². The summed E-state index contributed by atoms with van der Waals surface area (Å²) in [4.78, 5) is 2.33. The molecule has 1 aliphatic heterocycles. The van der Waals surface area contributed by atoms with Gasteiger partial charge in [-0.2, -0.15) is 0 Å².